The fraction of sp³-hybridized carbons (Fsp3) is 0.389. The van der Waals surface area contributed by atoms with Crippen LogP contribution in [0.15, 0.2) is 36.7 Å². The predicted octanol–water partition coefficient (Wildman–Crippen LogP) is 2.72. The van der Waals surface area contributed by atoms with Crippen LogP contribution in [0.1, 0.15) is 35.3 Å². The highest BCUT2D eigenvalue weighted by Gasteiger charge is 2.19. The zero-order chi connectivity index (χ0) is 16.8. The summed E-state index contributed by atoms with van der Waals surface area (Å²) < 4.78 is 5.34. The van der Waals surface area contributed by atoms with E-state index in [1.54, 1.807) is 13.2 Å². The van der Waals surface area contributed by atoms with Gasteiger partial charge in [-0.15, -0.1) is 0 Å². The fourth-order valence-electron chi connectivity index (χ4n) is 2.86. The van der Waals surface area contributed by atoms with Gasteiger partial charge in [0.15, 0.2) is 0 Å². The van der Waals surface area contributed by atoms with Gasteiger partial charge < -0.3 is 15.0 Å². The van der Waals surface area contributed by atoms with E-state index < -0.39 is 0 Å². The van der Waals surface area contributed by atoms with Crippen molar-refractivity contribution in [1.82, 2.24) is 14.9 Å². The van der Waals surface area contributed by atoms with Gasteiger partial charge in [0.1, 0.15) is 23.6 Å². The SMILES string of the molecule is COc1ccccc1CNc1cc(C(=O)N2CCCCC2)ncn1. The molecule has 2 heterocycles. The van der Waals surface area contributed by atoms with Gasteiger partial charge in [0.2, 0.25) is 0 Å². The first-order chi connectivity index (χ1) is 11.8. The van der Waals surface area contributed by atoms with Crippen LogP contribution in [0.2, 0.25) is 0 Å². The van der Waals surface area contributed by atoms with E-state index in [2.05, 4.69) is 15.3 Å². The topological polar surface area (TPSA) is 67.3 Å². The summed E-state index contributed by atoms with van der Waals surface area (Å²) in [6, 6.07) is 9.52. The molecule has 0 unspecified atom stereocenters. The second kappa shape index (κ2) is 7.77. The average Bonchev–Trinajstić information content (AvgIpc) is 2.67. The smallest absolute Gasteiger partial charge is 0.272 e. The van der Waals surface area contributed by atoms with Gasteiger partial charge in [0, 0.05) is 31.3 Å². The van der Waals surface area contributed by atoms with Gasteiger partial charge in [-0.2, -0.15) is 0 Å². The standard InChI is InChI=1S/C18H22N4O2/c1-24-16-8-4-3-7-14(16)12-19-17-11-15(20-13-21-17)18(23)22-9-5-2-6-10-22/h3-4,7-8,11,13H,2,5-6,9-10,12H2,1H3,(H,19,20,21). The van der Waals surface area contributed by atoms with Crippen LogP contribution >= 0.6 is 0 Å². The fourth-order valence-corrected chi connectivity index (χ4v) is 2.86. The van der Waals surface area contributed by atoms with Crippen molar-refractivity contribution in [2.75, 3.05) is 25.5 Å². The van der Waals surface area contributed by atoms with E-state index in [0.29, 0.717) is 18.1 Å². The van der Waals surface area contributed by atoms with Crippen LogP contribution in [-0.4, -0.2) is 41.0 Å². The molecule has 0 radical (unpaired) electrons. The number of methoxy groups -OCH3 is 1. The Morgan fingerprint density at radius 2 is 2.00 bits per heavy atom. The van der Waals surface area contributed by atoms with Gasteiger partial charge in [-0.25, -0.2) is 9.97 Å². The van der Waals surface area contributed by atoms with E-state index in [9.17, 15) is 4.79 Å². The number of anilines is 1. The summed E-state index contributed by atoms with van der Waals surface area (Å²) in [5.41, 5.74) is 1.47. The third-order valence-electron chi connectivity index (χ3n) is 4.18. The normalized spacial score (nSPS) is 14.3. The molecule has 0 spiro atoms. The highest BCUT2D eigenvalue weighted by atomic mass is 16.5. The molecule has 1 N–H and O–H groups in total. The Hall–Kier alpha value is -2.63. The number of hydrogen-bond acceptors (Lipinski definition) is 5. The Morgan fingerprint density at radius 1 is 1.21 bits per heavy atom. The number of piperidine rings is 1. The number of aromatic nitrogens is 2. The number of hydrogen-bond donors (Lipinski definition) is 1. The third kappa shape index (κ3) is 3.82. The minimum atomic E-state index is -0.0163. The van der Waals surface area contributed by atoms with Gasteiger partial charge in [-0.3, -0.25) is 4.79 Å². The number of likely N-dealkylation sites (tertiary alicyclic amines) is 1. The molecule has 1 amide bonds. The van der Waals surface area contributed by atoms with Crippen LogP contribution in [-0.2, 0) is 6.54 Å². The number of benzene rings is 1. The van der Waals surface area contributed by atoms with Gasteiger partial charge in [0.25, 0.3) is 5.91 Å². The van der Waals surface area contributed by atoms with E-state index in [-0.39, 0.29) is 5.91 Å². The second-order valence-corrected chi connectivity index (χ2v) is 5.81. The van der Waals surface area contributed by atoms with Gasteiger partial charge >= 0.3 is 0 Å². The first-order valence-corrected chi connectivity index (χ1v) is 8.25. The summed E-state index contributed by atoms with van der Waals surface area (Å²) in [6.45, 7) is 2.19. The number of ether oxygens (including phenoxy) is 1. The van der Waals surface area contributed by atoms with Crippen LogP contribution in [0.25, 0.3) is 0 Å². The van der Waals surface area contributed by atoms with E-state index in [0.717, 1.165) is 37.2 Å². The summed E-state index contributed by atoms with van der Waals surface area (Å²) in [7, 11) is 1.65. The lowest BCUT2D eigenvalue weighted by Gasteiger charge is -2.26. The number of amides is 1. The monoisotopic (exact) mass is 326 g/mol. The van der Waals surface area contributed by atoms with Crippen LogP contribution in [0, 0.1) is 0 Å². The molecule has 0 saturated carbocycles. The van der Waals surface area contributed by atoms with E-state index in [1.807, 2.05) is 29.2 Å². The molecule has 126 valence electrons. The lowest BCUT2D eigenvalue weighted by molar-refractivity contribution is 0.0718. The van der Waals surface area contributed by atoms with Crippen molar-refractivity contribution in [2.24, 2.45) is 0 Å². The number of carbonyl (C=O) groups is 1. The number of nitrogens with zero attached hydrogens (tertiary/aromatic N) is 3. The predicted molar refractivity (Wildman–Crippen MR) is 92.1 cm³/mol. The molecule has 1 fully saturated rings. The van der Waals surface area contributed by atoms with E-state index >= 15 is 0 Å². The molecule has 0 bridgehead atoms. The molecule has 2 aromatic rings. The highest BCUT2D eigenvalue weighted by molar-refractivity contribution is 5.92. The lowest BCUT2D eigenvalue weighted by Crippen LogP contribution is -2.36. The largest absolute Gasteiger partial charge is 0.496 e. The third-order valence-corrected chi connectivity index (χ3v) is 4.18. The summed E-state index contributed by atoms with van der Waals surface area (Å²) in [6.07, 6.45) is 4.76. The molecule has 24 heavy (non-hydrogen) atoms. The molecule has 0 atom stereocenters. The Bertz CT molecular complexity index is 699. The summed E-state index contributed by atoms with van der Waals surface area (Å²) in [5, 5.41) is 3.23. The number of rotatable bonds is 5. The zero-order valence-electron chi connectivity index (χ0n) is 13.9. The van der Waals surface area contributed by atoms with Crippen molar-refractivity contribution in [2.45, 2.75) is 25.8 Å². The molecule has 6 nitrogen and oxygen atoms in total. The lowest BCUT2D eigenvalue weighted by atomic mass is 10.1. The molecule has 3 rings (SSSR count). The van der Waals surface area contributed by atoms with Gasteiger partial charge in [0.05, 0.1) is 7.11 Å². The maximum absolute atomic E-state index is 12.5. The van der Waals surface area contributed by atoms with Crippen LogP contribution < -0.4 is 10.1 Å². The molecule has 1 aromatic carbocycles. The van der Waals surface area contributed by atoms with E-state index in [1.165, 1.54) is 12.7 Å². The van der Waals surface area contributed by atoms with E-state index in [4.69, 9.17) is 4.74 Å². The first kappa shape index (κ1) is 16.2. The van der Waals surface area contributed by atoms with Crippen LogP contribution in [0.3, 0.4) is 0 Å². The van der Waals surface area contributed by atoms with Crippen LogP contribution in [0.4, 0.5) is 5.82 Å². The van der Waals surface area contributed by atoms with Gasteiger partial charge in [-0.1, -0.05) is 18.2 Å². The Morgan fingerprint density at radius 3 is 2.79 bits per heavy atom. The molecule has 1 aromatic heterocycles. The van der Waals surface area contributed by atoms with Crippen molar-refractivity contribution in [3.05, 3.63) is 47.9 Å². The van der Waals surface area contributed by atoms with Crippen molar-refractivity contribution in [3.8, 4) is 5.75 Å². The van der Waals surface area contributed by atoms with Crippen molar-refractivity contribution >= 4 is 11.7 Å². The first-order valence-electron chi connectivity index (χ1n) is 8.25. The molecule has 1 aliphatic rings. The molecule has 6 heteroatoms. The molecule has 1 aliphatic heterocycles. The second-order valence-electron chi connectivity index (χ2n) is 5.81. The van der Waals surface area contributed by atoms with Gasteiger partial charge in [-0.05, 0) is 25.3 Å². The molecular formula is C18H22N4O2. The average molecular weight is 326 g/mol. The van der Waals surface area contributed by atoms with Crippen LogP contribution in [0.5, 0.6) is 5.75 Å². The minimum Gasteiger partial charge on any atom is -0.496 e. The Kier molecular flexibility index (Phi) is 5.25. The summed E-state index contributed by atoms with van der Waals surface area (Å²) in [4.78, 5) is 22.7. The maximum atomic E-state index is 12.5. The summed E-state index contributed by atoms with van der Waals surface area (Å²) in [5.74, 6) is 1.44. The molecule has 0 aliphatic carbocycles. The van der Waals surface area contributed by atoms with Crippen molar-refractivity contribution in [3.63, 3.8) is 0 Å². The minimum absolute atomic E-state index is 0.0163. The number of carbonyl (C=O) groups excluding carboxylic acids is 1. The number of para-hydroxylation sites is 1. The Labute approximate surface area is 141 Å². The Balaban J connectivity index is 1.67. The molecule has 1 saturated heterocycles. The zero-order valence-corrected chi connectivity index (χ0v) is 13.9. The highest BCUT2D eigenvalue weighted by Crippen LogP contribution is 2.19. The van der Waals surface area contributed by atoms with Crippen molar-refractivity contribution < 1.29 is 9.53 Å². The summed E-state index contributed by atoms with van der Waals surface area (Å²) >= 11 is 0. The maximum Gasteiger partial charge on any atom is 0.272 e. The van der Waals surface area contributed by atoms with Crippen molar-refractivity contribution in [1.29, 1.82) is 0 Å². The number of nitrogens with one attached hydrogen (secondary N) is 1. The molecular weight excluding hydrogens is 304 g/mol. The quantitative estimate of drug-likeness (QED) is 0.915.